The van der Waals surface area contributed by atoms with Crippen molar-refractivity contribution in [3.63, 3.8) is 0 Å². The Morgan fingerprint density at radius 2 is 1.95 bits per heavy atom. The molecule has 8 heteroatoms. The molecule has 0 N–H and O–H groups in total. The number of carbonyl (C=O) groups excluding carboxylic acids is 1. The molecule has 1 aliphatic heterocycles. The molecule has 118 valence electrons. The van der Waals surface area contributed by atoms with Crippen molar-refractivity contribution in [3.05, 3.63) is 10.6 Å². The van der Waals surface area contributed by atoms with Gasteiger partial charge in [-0.2, -0.15) is 4.31 Å². The van der Waals surface area contributed by atoms with Gasteiger partial charge in [0.1, 0.15) is 0 Å². The SMILES string of the molecule is CCC(C)c1nc(N2CCN(S(C)(=O)=O)CC2)sc1C=O. The Morgan fingerprint density at radius 3 is 2.43 bits per heavy atom. The van der Waals surface area contributed by atoms with Gasteiger partial charge in [0.15, 0.2) is 11.4 Å². The molecule has 6 nitrogen and oxygen atoms in total. The molecule has 0 radical (unpaired) electrons. The van der Waals surface area contributed by atoms with Crippen molar-refractivity contribution in [1.29, 1.82) is 0 Å². The number of sulfonamides is 1. The second-order valence-electron chi connectivity index (χ2n) is 5.32. The summed E-state index contributed by atoms with van der Waals surface area (Å²) in [6.45, 7) is 6.29. The highest BCUT2D eigenvalue weighted by atomic mass is 32.2. The van der Waals surface area contributed by atoms with Crippen LogP contribution in [0.1, 0.15) is 41.6 Å². The van der Waals surface area contributed by atoms with E-state index in [9.17, 15) is 13.2 Å². The fraction of sp³-hybridized carbons (Fsp3) is 0.692. The molecule has 2 rings (SSSR count). The Labute approximate surface area is 129 Å². The van der Waals surface area contributed by atoms with Crippen LogP contribution in [0.4, 0.5) is 5.13 Å². The van der Waals surface area contributed by atoms with E-state index in [2.05, 4.69) is 23.7 Å². The van der Waals surface area contributed by atoms with Crippen molar-refractivity contribution in [2.75, 3.05) is 37.3 Å². The molecule has 0 amide bonds. The minimum atomic E-state index is -3.12. The number of nitrogens with zero attached hydrogens (tertiary/aromatic N) is 3. The molecule has 1 fully saturated rings. The van der Waals surface area contributed by atoms with Crippen LogP contribution in [0.5, 0.6) is 0 Å². The molecule has 0 saturated carbocycles. The number of hydrogen-bond acceptors (Lipinski definition) is 6. The summed E-state index contributed by atoms with van der Waals surface area (Å²) in [6.07, 6.45) is 3.04. The topological polar surface area (TPSA) is 70.6 Å². The van der Waals surface area contributed by atoms with Crippen LogP contribution in [-0.4, -0.2) is 56.4 Å². The maximum atomic E-state index is 11.5. The lowest BCUT2D eigenvalue weighted by atomic mass is 10.0. The van der Waals surface area contributed by atoms with E-state index in [0.717, 1.165) is 23.5 Å². The monoisotopic (exact) mass is 331 g/mol. The number of rotatable bonds is 5. The predicted octanol–water partition coefficient (Wildman–Crippen LogP) is 1.55. The summed E-state index contributed by atoms with van der Waals surface area (Å²) in [7, 11) is -3.12. The van der Waals surface area contributed by atoms with Gasteiger partial charge < -0.3 is 4.90 Å². The highest BCUT2D eigenvalue weighted by Gasteiger charge is 2.26. The third-order valence-corrected chi connectivity index (χ3v) is 6.19. The van der Waals surface area contributed by atoms with E-state index in [-0.39, 0.29) is 5.92 Å². The van der Waals surface area contributed by atoms with Crippen molar-refractivity contribution in [2.24, 2.45) is 0 Å². The van der Waals surface area contributed by atoms with E-state index < -0.39 is 10.0 Å². The molecule has 1 aliphatic rings. The van der Waals surface area contributed by atoms with Crippen LogP contribution in [-0.2, 0) is 10.0 Å². The number of hydrogen-bond donors (Lipinski definition) is 0. The summed E-state index contributed by atoms with van der Waals surface area (Å²) in [5.74, 6) is 0.257. The Kier molecular flexibility index (Phi) is 5.00. The molecule has 2 heterocycles. The van der Waals surface area contributed by atoms with E-state index in [1.54, 1.807) is 0 Å². The molecule has 1 atom stereocenters. The van der Waals surface area contributed by atoms with Crippen molar-refractivity contribution in [2.45, 2.75) is 26.2 Å². The summed E-state index contributed by atoms with van der Waals surface area (Å²) >= 11 is 1.40. The van der Waals surface area contributed by atoms with Crippen LogP contribution in [0.2, 0.25) is 0 Å². The first-order valence-corrected chi connectivity index (χ1v) is 9.69. The summed E-state index contributed by atoms with van der Waals surface area (Å²) in [5, 5.41) is 0.820. The first-order valence-electron chi connectivity index (χ1n) is 7.02. The van der Waals surface area contributed by atoms with Crippen LogP contribution in [0.15, 0.2) is 0 Å². The summed E-state index contributed by atoms with van der Waals surface area (Å²) in [5.41, 5.74) is 0.859. The normalized spacial score (nSPS) is 18.7. The summed E-state index contributed by atoms with van der Waals surface area (Å²) in [6, 6.07) is 0. The highest BCUT2D eigenvalue weighted by molar-refractivity contribution is 7.88. The lowest BCUT2D eigenvalue weighted by Gasteiger charge is -2.32. The van der Waals surface area contributed by atoms with Gasteiger partial charge in [-0.3, -0.25) is 4.79 Å². The van der Waals surface area contributed by atoms with Crippen LogP contribution in [0.3, 0.4) is 0 Å². The summed E-state index contributed by atoms with van der Waals surface area (Å²) in [4.78, 5) is 18.5. The van der Waals surface area contributed by atoms with Crippen molar-refractivity contribution in [1.82, 2.24) is 9.29 Å². The highest BCUT2D eigenvalue weighted by Crippen LogP contribution is 2.31. The Hall–Kier alpha value is -0.990. The number of aromatic nitrogens is 1. The van der Waals surface area contributed by atoms with E-state index in [1.165, 1.54) is 21.9 Å². The van der Waals surface area contributed by atoms with E-state index in [4.69, 9.17) is 0 Å². The molecule has 1 unspecified atom stereocenters. The molecule has 0 spiro atoms. The first-order chi connectivity index (χ1) is 9.86. The maximum Gasteiger partial charge on any atom is 0.211 e. The molecular formula is C13H21N3O3S2. The number of anilines is 1. The van der Waals surface area contributed by atoms with Crippen LogP contribution in [0.25, 0.3) is 0 Å². The average molecular weight is 331 g/mol. The lowest BCUT2D eigenvalue weighted by Crippen LogP contribution is -2.48. The largest absolute Gasteiger partial charge is 0.345 e. The van der Waals surface area contributed by atoms with E-state index >= 15 is 0 Å². The smallest absolute Gasteiger partial charge is 0.211 e. The van der Waals surface area contributed by atoms with Gasteiger partial charge in [0.25, 0.3) is 0 Å². The fourth-order valence-corrected chi connectivity index (χ4v) is 4.19. The van der Waals surface area contributed by atoms with E-state index in [0.29, 0.717) is 31.1 Å². The van der Waals surface area contributed by atoms with Crippen molar-refractivity contribution in [3.8, 4) is 0 Å². The van der Waals surface area contributed by atoms with Crippen LogP contribution >= 0.6 is 11.3 Å². The zero-order valence-electron chi connectivity index (χ0n) is 12.6. The molecule has 1 saturated heterocycles. The first kappa shape index (κ1) is 16.4. The zero-order chi connectivity index (χ0) is 15.6. The van der Waals surface area contributed by atoms with Crippen LogP contribution < -0.4 is 4.90 Å². The molecule has 0 bridgehead atoms. The molecule has 1 aromatic heterocycles. The fourth-order valence-electron chi connectivity index (χ4n) is 2.31. The van der Waals surface area contributed by atoms with Gasteiger partial charge in [0.05, 0.1) is 16.8 Å². The van der Waals surface area contributed by atoms with Gasteiger partial charge in [-0.25, -0.2) is 13.4 Å². The molecular weight excluding hydrogens is 310 g/mol. The van der Waals surface area contributed by atoms with E-state index in [1.807, 2.05) is 0 Å². The van der Waals surface area contributed by atoms with Gasteiger partial charge >= 0.3 is 0 Å². The lowest BCUT2D eigenvalue weighted by molar-refractivity contribution is 0.112. The van der Waals surface area contributed by atoms with Crippen molar-refractivity contribution >= 4 is 32.8 Å². The Bertz CT molecular complexity index is 604. The third-order valence-electron chi connectivity index (χ3n) is 3.83. The zero-order valence-corrected chi connectivity index (χ0v) is 14.2. The number of carbonyl (C=O) groups is 1. The summed E-state index contributed by atoms with van der Waals surface area (Å²) < 4.78 is 24.5. The van der Waals surface area contributed by atoms with Gasteiger partial charge in [-0.1, -0.05) is 25.2 Å². The third kappa shape index (κ3) is 3.61. The van der Waals surface area contributed by atoms with Gasteiger partial charge in [-0.05, 0) is 12.3 Å². The van der Waals surface area contributed by atoms with Gasteiger partial charge in [-0.15, -0.1) is 0 Å². The second kappa shape index (κ2) is 6.41. The Morgan fingerprint density at radius 1 is 1.33 bits per heavy atom. The van der Waals surface area contributed by atoms with Gasteiger partial charge in [0, 0.05) is 26.2 Å². The number of aldehydes is 1. The molecule has 0 aromatic carbocycles. The predicted molar refractivity (Wildman–Crippen MR) is 84.8 cm³/mol. The Balaban J connectivity index is 2.14. The van der Waals surface area contributed by atoms with Crippen molar-refractivity contribution < 1.29 is 13.2 Å². The maximum absolute atomic E-state index is 11.5. The average Bonchev–Trinajstić information content (AvgIpc) is 2.90. The molecule has 1 aromatic rings. The standard InChI is InChI=1S/C13H21N3O3S2/c1-4-10(2)12-11(9-17)20-13(14-12)15-5-7-16(8-6-15)21(3,18)19/h9-10H,4-8H2,1-3H3. The van der Waals surface area contributed by atoms with Crippen LogP contribution in [0, 0.1) is 0 Å². The number of thiazole rings is 1. The van der Waals surface area contributed by atoms with Gasteiger partial charge in [0.2, 0.25) is 10.0 Å². The number of piperazine rings is 1. The second-order valence-corrected chi connectivity index (χ2v) is 8.31. The quantitative estimate of drug-likeness (QED) is 0.766. The molecule has 21 heavy (non-hydrogen) atoms. The minimum absolute atomic E-state index is 0.257. The minimum Gasteiger partial charge on any atom is -0.345 e. The molecule has 0 aliphatic carbocycles.